The van der Waals surface area contributed by atoms with Crippen LogP contribution in [0.25, 0.3) is 0 Å². The third-order valence-corrected chi connectivity index (χ3v) is 4.65. The minimum Gasteiger partial charge on any atom is -0.489 e. The van der Waals surface area contributed by atoms with Gasteiger partial charge in [-0.15, -0.1) is 0 Å². The lowest BCUT2D eigenvalue weighted by molar-refractivity contribution is -0.146. The molecule has 1 saturated heterocycles. The number of rotatable bonds is 5. The maximum absolute atomic E-state index is 12.7. The molecular weight excluding hydrogens is 330 g/mol. The second-order valence-corrected chi connectivity index (χ2v) is 6.39. The maximum atomic E-state index is 12.7. The van der Waals surface area contributed by atoms with Gasteiger partial charge in [0.1, 0.15) is 12.4 Å². The molecule has 0 bridgehead atoms. The first-order chi connectivity index (χ1) is 12.7. The lowest BCUT2D eigenvalue weighted by Gasteiger charge is -2.30. The highest BCUT2D eigenvalue weighted by Gasteiger charge is 2.28. The highest BCUT2D eigenvalue weighted by Crippen LogP contribution is 2.22. The molecule has 1 aliphatic rings. The Bertz CT molecular complexity index is 752. The van der Waals surface area contributed by atoms with Gasteiger partial charge in [0, 0.05) is 18.7 Å². The molecule has 1 amide bonds. The van der Waals surface area contributed by atoms with Crippen molar-refractivity contribution in [2.24, 2.45) is 5.92 Å². The zero-order chi connectivity index (χ0) is 18.4. The maximum Gasteiger partial charge on any atom is 0.308 e. The molecule has 1 fully saturated rings. The van der Waals surface area contributed by atoms with E-state index in [1.54, 1.807) is 17.0 Å². The molecular formula is C21H23NO4. The predicted octanol–water partition coefficient (Wildman–Crippen LogP) is 3.29. The summed E-state index contributed by atoms with van der Waals surface area (Å²) in [6, 6.07) is 17.2. The van der Waals surface area contributed by atoms with Gasteiger partial charge in [-0.3, -0.25) is 9.59 Å². The van der Waals surface area contributed by atoms with Crippen LogP contribution in [0.3, 0.4) is 0 Å². The third-order valence-electron chi connectivity index (χ3n) is 4.65. The molecule has 5 heteroatoms. The van der Waals surface area contributed by atoms with Crippen LogP contribution >= 0.6 is 0 Å². The first-order valence-corrected chi connectivity index (χ1v) is 8.81. The number of hydrogen-bond donors (Lipinski definition) is 0. The van der Waals surface area contributed by atoms with E-state index in [1.165, 1.54) is 7.11 Å². The summed E-state index contributed by atoms with van der Waals surface area (Å²) in [6.45, 7) is 1.59. The van der Waals surface area contributed by atoms with Crippen LogP contribution in [0.1, 0.15) is 28.8 Å². The van der Waals surface area contributed by atoms with Gasteiger partial charge in [-0.2, -0.15) is 0 Å². The molecule has 1 heterocycles. The predicted molar refractivity (Wildman–Crippen MR) is 97.9 cm³/mol. The molecule has 0 unspecified atom stereocenters. The number of esters is 1. The van der Waals surface area contributed by atoms with Crippen molar-refractivity contribution in [3.63, 3.8) is 0 Å². The van der Waals surface area contributed by atoms with Gasteiger partial charge in [-0.05, 0) is 36.6 Å². The molecule has 2 aromatic carbocycles. The van der Waals surface area contributed by atoms with Crippen LogP contribution in [0.15, 0.2) is 54.6 Å². The van der Waals surface area contributed by atoms with E-state index < -0.39 is 0 Å². The average Bonchev–Trinajstić information content (AvgIpc) is 2.72. The first-order valence-electron chi connectivity index (χ1n) is 8.81. The van der Waals surface area contributed by atoms with E-state index in [1.807, 2.05) is 42.5 Å². The van der Waals surface area contributed by atoms with Crippen LogP contribution < -0.4 is 4.74 Å². The lowest BCUT2D eigenvalue weighted by Crippen LogP contribution is -2.40. The van der Waals surface area contributed by atoms with Gasteiger partial charge < -0.3 is 14.4 Å². The number of methoxy groups -OCH3 is 1. The number of carbonyl (C=O) groups excluding carboxylic acids is 2. The van der Waals surface area contributed by atoms with Crippen molar-refractivity contribution in [2.45, 2.75) is 19.4 Å². The zero-order valence-corrected chi connectivity index (χ0v) is 14.9. The van der Waals surface area contributed by atoms with Gasteiger partial charge in [-0.25, -0.2) is 0 Å². The SMILES string of the molecule is COC(=O)C1CCN(C(=O)c2cccc(OCc3ccccc3)c2)CC1. The van der Waals surface area contributed by atoms with Crippen molar-refractivity contribution < 1.29 is 19.1 Å². The summed E-state index contributed by atoms with van der Waals surface area (Å²) >= 11 is 0. The third kappa shape index (κ3) is 4.42. The number of hydrogen-bond acceptors (Lipinski definition) is 4. The minimum absolute atomic E-state index is 0.0292. The molecule has 0 N–H and O–H groups in total. The first kappa shape index (κ1) is 18.0. The summed E-state index contributed by atoms with van der Waals surface area (Å²) < 4.78 is 10.6. The topological polar surface area (TPSA) is 55.8 Å². The van der Waals surface area contributed by atoms with Crippen molar-refractivity contribution in [3.05, 3.63) is 65.7 Å². The van der Waals surface area contributed by atoms with Gasteiger partial charge >= 0.3 is 5.97 Å². The average molecular weight is 353 g/mol. The largest absolute Gasteiger partial charge is 0.489 e. The molecule has 136 valence electrons. The number of nitrogens with zero attached hydrogens (tertiary/aromatic N) is 1. The van der Waals surface area contributed by atoms with Crippen molar-refractivity contribution in [1.29, 1.82) is 0 Å². The zero-order valence-electron chi connectivity index (χ0n) is 14.9. The van der Waals surface area contributed by atoms with Gasteiger partial charge in [-0.1, -0.05) is 36.4 Å². The monoisotopic (exact) mass is 353 g/mol. The highest BCUT2D eigenvalue weighted by atomic mass is 16.5. The Hall–Kier alpha value is -2.82. The van der Waals surface area contributed by atoms with Gasteiger partial charge in [0.05, 0.1) is 13.0 Å². The highest BCUT2D eigenvalue weighted by molar-refractivity contribution is 5.94. The van der Waals surface area contributed by atoms with Crippen LogP contribution in [0.5, 0.6) is 5.75 Å². The number of carbonyl (C=O) groups is 2. The van der Waals surface area contributed by atoms with Gasteiger partial charge in [0.2, 0.25) is 0 Å². The van der Waals surface area contributed by atoms with E-state index in [-0.39, 0.29) is 17.8 Å². The molecule has 3 rings (SSSR count). The van der Waals surface area contributed by atoms with E-state index in [9.17, 15) is 9.59 Å². The van der Waals surface area contributed by atoms with Crippen molar-refractivity contribution in [3.8, 4) is 5.75 Å². The van der Waals surface area contributed by atoms with Crippen LogP contribution in [-0.4, -0.2) is 37.0 Å². The summed E-state index contributed by atoms with van der Waals surface area (Å²) in [5, 5.41) is 0. The molecule has 26 heavy (non-hydrogen) atoms. The summed E-state index contributed by atoms with van der Waals surface area (Å²) in [5.41, 5.74) is 1.68. The lowest BCUT2D eigenvalue weighted by atomic mass is 9.96. The second kappa shape index (κ2) is 8.52. The molecule has 0 aliphatic carbocycles. The molecule has 0 atom stereocenters. The van der Waals surface area contributed by atoms with Crippen molar-refractivity contribution in [2.75, 3.05) is 20.2 Å². The number of ether oxygens (including phenoxy) is 2. The Morgan fingerprint density at radius 3 is 2.46 bits per heavy atom. The molecule has 1 aliphatic heterocycles. The molecule has 5 nitrogen and oxygen atoms in total. The Labute approximate surface area is 153 Å². The van der Waals surface area contributed by atoms with E-state index in [0.29, 0.717) is 43.9 Å². The number of benzene rings is 2. The van der Waals surface area contributed by atoms with Crippen molar-refractivity contribution >= 4 is 11.9 Å². The fourth-order valence-electron chi connectivity index (χ4n) is 3.13. The standard InChI is InChI=1S/C21H23NO4/c1-25-21(24)17-10-12-22(13-11-17)20(23)18-8-5-9-19(14-18)26-15-16-6-3-2-4-7-16/h2-9,14,17H,10-13,15H2,1H3. The molecule has 2 aromatic rings. The molecule has 0 radical (unpaired) electrons. The van der Waals surface area contributed by atoms with Crippen LogP contribution in [0.4, 0.5) is 0 Å². The molecule has 0 aromatic heterocycles. The fourth-order valence-corrected chi connectivity index (χ4v) is 3.13. The Kier molecular flexibility index (Phi) is 5.89. The number of piperidine rings is 1. The van der Waals surface area contributed by atoms with Crippen LogP contribution in [-0.2, 0) is 16.1 Å². The number of likely N-dealkylation sites (tertiary alicyclic amines) is 1. The summed E-state index contributed by atoms with van der Waals surface area (Å²) in [6.07, 6.45) is 1.28. The molecule has 0 saturated carbocycles. The van der Waals surface area contributed by atoms with E-state index in [0.717, 1.165) is 5.56 Å². The summed E-state index contributed by atoms with van der Waals surface area (Å²) in [4.78, 5) is 26.1. The van der Waals surface area contributed by atoms with E-state index >= 15 is 0 Å². The fraction of sp³-hybridized carbons (Fsp3) is 0.333. The Morgan fingerprint density at radius 1 is 1.04 bits per heavy atom. The smallest absolute Gasteiger partial charge is 0.308 e. The summed E-state index contributed by atoms with van der Waals surface area (Å²) in [5.74, 6) is 0.348. The summed E-state index contributed by atoms with van der Waals surface area (Å²) in [7, 11) is 1.40. The minimum atomic E-state index is -0.187. The second-order valence-electron chi connectivity index (χ2n) is 6.39. The van der Waals surface area contributed by atoms with E-state index in [4.69, 9.17) is 9.47 Å². The van der Waals surface area contributed by atoms with Crippen molar-refractivity contribution in [1.82, 2.24) is 4.90 Å². The van der Waals surface area contributed by atoms with Gasteiger partial charge in [0.15, 0.2) is 0 Å². The Morgan fingerprint density at radius 2 is 1.77 bits per heavy atom. The molecule has 0 spiro atoms. The van der Waals surface area contributed by atoms with E-state index in [2.05, 4.69) is 0 Å². The quantitative estimate of drug-likeness (QED) is 0.774. The number of amides is 1. The van der Waals surface area contributed by atoms with Gasteiger partial charge in [0.25, 0.3) is 5.91 Å². The normalized spacial score (nSPS) is 14.7. The van der Waals surface area contributed by atoms with Crippen LogP contribution in [0.2, 0.25) is 0 Å². The Balaban J connectivity index is 1.59. The van der Waals surface area contributed by atoms with Crippen LogP contribution in [0, 0.1) is 5.92 Å².